The number of oxime groups is 1. The molecule has 1 fully saturated rings. The lowest BCUT2D eigenvalue weighted by Crippen LogP contribution is -2.21. The molecule has 28 heavy (non-hydrogen) atoms. The smallest absolute Gasteiger partial charge is 0.385 e. The molecule has 1 aliphatic carbocycles. The minimum absolute atomic E-state index is 0.252. The summed E-state index contributed by atoms with van der Waals surface area (Å²) in [4.78, 5) is 21.1. The standard InChI is InChI=1S/C19H20F2N4O3/c1-11-5-6-12(27-4)9-13(11)19(7-8-19)18(22-2)24-28-17(26)14-10-15(16(20)21)25(3)23-14/h5-6,9-10,16H,2,7-8H2,1,3-4H3/b24-18-. The van der Waals surface area contributed by atoms with E-state index in [4.69, 9.17) is 9.57 Å². The largest absolute Gasteiger partial charge is 0.497 e. The zero-order chi connectivity index (χ0) is 20.5. The van der Waals surface area contributed by atoms with E-state index in [0.29, 0.717) is 5.75 Å². The molecule has 0 spiro atoms. The van der Waals surface area contributed by atoms with Gasteiger partial charge in [-0.15, -0.1) is 0 Å². The fraction of sp³-hybridized carbons (Fsp3) is 0.368. The number of amidine groups is 1. The second kappa shape index (κ2) is 7.49. The molecule has 1 saturated carbocycles. The minimum atomic E-state index is -2.75. The molecule has 9 heteroatoms. The van der Waals surface area contributed by atoms with Gasteiger partial charge in [-0.05, 0) is 49.7 Å². The number of halogens is 2. The molecule has 7 nitrogen and oxygen atoms in total. The van der Waals surface area contributed by atoms with E-state index in [9.17, 15) is 13.6 Å². The van der Waals surface area contributed by atoms with Crippen molar-refractivity contribution < 1.29 is 23.1 Å². The lowest BCUT2D eigenvalue weighted by Gasteiger charge is -2.18. The van der Waals surface area contributed by atoms with Gasteiger partial charge in [-0.1, -0.05) is 11.2 Å². The number of aliphatic imine (C=N–C) groups is 1. The highest BCUT2D eigenvalue weighted by Crippen LogP contribution is 2.51. The van der Waals surface area contributed by atoms with Gasteiger partial charge in [0.15, 0.2) is 11.5 Å². The van der Waals surface area contributed by atoms with E-state index in [-0.39, 0.29) is 17.2 Å². The molecule has 1 aliphatic rings. The summed E-state index contributed by atoms with van der Waals surface area (Å²) in [6.07, 6.45) is -1.23. The Kier molecular flexibility index (Phi) is 5.26. The zero-order valence-electron chi connectivity index (χ0n) is 15.8. The van der Waals surface area contributed by atoms with Crippen molar-refractivity contribution in [3.8, 4) is 5.75 Å². The van der Waals surface area contributed by atoms with E-state index in [0.717, 1.165) is 34.7 Å². The Balaban J connectivity index is 1.85. The van der Waals surface area contributed by atoms with Crippen LogP contribution in [0.3, 0.4) is 0 Å². The lowest BCUT2D eigenvalue weighted by molar-refractivity contribution is 0.0506. The molecule has 1 aromatic carbocycles. The van der Waals surface area contributed by atoms with Crippen LogP contribution in [0.4, 0.5) is 8.78 Å². The van der Waals surface area contributed by atoms with Crippen molar-refractivity contribution in [2.24, 2.45) is 17.2 Å². The predicted octanol–water partition coefficient (Wildman–Crippen LogP) is 3.58. The van der Waals surface area contributed by atoms with Crippen molar-refractivity contribution >= 4 is 18.5 Å². The Morgan fingerprint density at radius 2 is 2.07 bits per heavy atom. The van der Waals surface area contributed by atoms with Gasteiger partial charge < -0.3 is 9.57 Å². The minimum Gasteiger partial charge on any atom is -0.497 e. The van der Waals surface area contributed by atoms with Crippen LogP contribution in [0.2, 0.25) is 0 Å². The number of aryl methyl sites for hydroxylation is 2. The van der Waals surface area contributed by atoms with Gasteiger partial charge >= 0.3 is 5.97 Å². The normalized spacial score (nSPS) is 15.4. The highest BCUT2D eigenvalue weighted by atomic mass is 19.3. The number of methoxy groups -OCH3 is 1. The van der Waals surface area contributed by atoms with Crippen LogP contribution >= 0.6 is 0 Å². The monoisotopic (exact) mass is 390 g/mol. The first-order valence-electron chi connectivity index (χ1n) is 8.56. The number of ether oxygens (including phenoxy) is 1. The van der Waals surface area contributed by atoms with Crippen molar-refractivity contribution in [1.29, 1.82) is 0 Å². The first-order valence-corrected chi connectivity index (χ1v) is 8.56. The van der Waals surface area contributed by atoms with Crippen LogP contribution in [0.5, 0.6) is 5.75 Å². The summed E-state index contributed by atoms with van der Waals surface area (Å²) in [5, 5.41) is 7.61. The second-order valence-electron chi connectivity index (χ2n) is 6.59. The van der Waals surface area contributed by atoms with Crippen LogP contribution < -0.4 is 4.74 Å². The second-order valence-corrected chi connectivity index (χ2v) is 6.59. The molecule has 0 aliphatic heterocycles. The average Bonchev–Trinajstić information content (AvgIpc) is 3.37. The number of alkyl halides is 2. The Hall–Kier alpha value is -3.10. The summed E-state index contributed by atoms with van der Waals surface area (Å²) in [5.74, 6) is 0.00401. The number of rotatable bonds is 6. The van der Waals surface area contributed by atoms with Crippen LogP contribution in [0.25, 0.3) is 0 Å². The zero-order valence-corrected chi connectivity index (χ0v) is 15.8. The maximum absolute atomic E-state index is 12.9. The highest BCUT2D eigenvalue weighted by Gasteiger charge is 2.51. The molecular formula is C19H20F2N4O3. The maximum atomic E-state index is 12.9. The Morgan fingerprint density at radius 3 is 2.61 bits per heavy atom. The Bertz CT molecular complexity index is 949. The molecular weight excluding hydrogens is 370 g/mol. The summed E-state index contributed by atoms with van der Waals surface area (Å²) in [6, 6.07) is 6.66. The summed E-state index contributed by atoms with van der Waals surface area (Å²) in [7, 11) is 2.90. The van der Waals surface area contributed by atoms with Crippen LogP contribution in [0.1, 0.15) is 46.6 Å². The third-order valence-electron chi connectivity index (χ3n) is 4.85. The van der Waals surface area contributed by atoms with Gasteiger partial charge in [-0.3, -0.25) is 4.68 Å². The van der Waals surface area contributed by atoms with E-state index >= 15 is 0 Å². The third-order valence-corrected chi connectivity index (χ3v) is 4.85. The molecule has 148 valence electrons. The SMILES string of the molecule is C=N/C(=N\OC(=O)c1cc(C(F)F)n(C)n1)C1(c2cc(OC)ccc2C)CC1. The number of aromatic nitrogens is 2. The molecule has 0 amide bonds. The van der Waals surface area contributed by atoms with Gasteiger partial charge in [0.1, 0.15) is 11.4 Å². The number of hydrogen-bond donors (Lipinski definition) is 0. The highest BCUT2D eigenvalue weighted by molar-refractivity contribution is 5.99. The van der Waals surface area contributed by atoms with Crippen LogP contribution in [-0.2, 0) is 17.3 Å². The third kappa shape index (κ3) is 3.51. The van der Waals surface area contributed by atoms with E-state index in [1.165, 1.54) is 7.05 Å². The van der Waals surface area contributed by atoms with Crippen LogP contribution in [0, 0.1) is 6.92 Å². The number of carbonyl (C=O) groups is 1. The first-order chi connectivity index (χ1) is 13.3. The Morgan fingerprint density at radius 1 is 1.36 bits per heavy atom. The molecule has 0 radical (unpaired) electrons. The molecule has 1 aromatic heterocycles. The molecule has 0 atom stereocenters. The van der Waals surface area contributed by atoms with Crippen LogP contribution in [-0.4, -0.2) is 35.4 Å². The topological polar surface area (TPSA) is 78.1 Å². The van der Waals surface area contributed by atoms with Crippen LogP contribution in [0.15, 0.2) is 34.4 Å². The summed E-state index contributed by atoms with van der Waals surface area (Å²) < 4.78 is 31.9. The van der Waals surface area contributed by atoms with Crippen molar-refractivity contribution in [2.45, 2.75) is 31.6 Å². The molecule has 1 heterocycles. The average molecular weight is 390 g/mol. The van der Waals surface area contributed by atoms with Gasteiger partial charge in [0.2, 0.25) is 0 Å². The van der Waals surface area contributed by atoms with Gasteiger partial charge in [-0.25, -0.2) is 18.6 Å². The number of carbonyl (C=O) groups excluding carboxylic acids is 1. The van der Waals surface area contributed by atoms with E-state index in [1.807, 2.05) is 25.1 Å². The molecule has 0 bridgehead atoms. The molecule has 0 unspecified atom stereocenters. The summed E-state index contributed by atoms with van der Waals surface area (Å²) >= 11 is 0. The summed E-state index contributed by atoms with van der Waals surface area (Å²) in [5.41, 5.74) is 0.828. The molecule has 0 saturated heterocycles. The predicted molar refractivity (Wildman–Crippen MR) is 99.2 cm³/mol. The lowest BCUT2D eigenvalue weighted by atomic mass is 9.90. The molecule has 2 aromatic rings. The fourth-order valence-electron chi connectivity index (χ4n) is 3.17. The summed E-state index contributed by atoms with van der Waals surface area (Å²) in [6.45, 7) is 5.49. The van der Waals surface area contributed by atoms with Gasteiger partial charge in [0.05, 0.1) is 12.5 Å². The molecule has 3 rings (SSSR count). The quantitative estimate of drug-likeness (QED) is 0.327. The van der Waals surface area contributed by atoms with E-state index in [1.54, 1.807) is 7.11 Å². The maximum Gasteiger partial charge on any atom is 0.385 e. The van der Waals surface area contributed by atoms with Gasteiger partial charge in [-0.2, -0.15) is 5.10 Å². The Labute approximate surface area is 160 Å². The number of benzene rings is 1. The first kappa shape index (κ1) is 19.7. The van der Waals surface area contributed by atoms with Crippen molar-refractivity contribution in [2.75, 3.05) is 7.11 Å². The molecule has 0 N–H and O–H groups in total. The van der Waals surface area contributed by atoms with E-state index < -0.39 is 17.8 Å². The number of hydrogen-bond acceptors (Lipinski definition) is 5. The van der Waals surface area contributed by atoms with Crippen molar-refractivity contribution in [1.82, 2.24) is 9.78 Å². The van der Waals surface area contributed by atoms with Crippen molar-refractivity contribution in [3.05, 3.63) is 46.8 Å². The van der Waals surface area contributed by atoms with Gasteiger partial charge in [0, 0.05) is 13.1 Å². The number of nitrogens with zero attached hydrogens (tertiary/aromatic N) is 4. The van der Waals surface area contributed by atoms with Crippen molar-refractivity contribution in [3.63, 3.8) is 0 Å². The fourth-order valence-corrected chi connectivity index (χ4v) is 3.17. The van der Waals surface area contributed by atoms with E-state index in [2.05, 4.69) is 22.0 Å². The van der Waals surface area contributed by atoms with Gasteiger partial charge in [0.25, 0.3) is 6.43 Å².